The van der Waals surface area contributed by atoms with Gasteiger partial charge in [-0.05, 0) is 103 Å². The van der Waals surface area contributed by atoms with Crippen molar-refractivity contribution in [3.05, 3.63) is 149 Å². The van der Waals surface area contributed by atoms with E-state index < -0.39 is 24.0 Å². The molecule has 1 atom stereocenters. The highest BCUT2D eigenvalue weighted by Gasteiger charge is 2.20. The number of carbonyl (C=O) groups excluding carboxylic acids is 8. The first-order valence-electron chi connectivity index (χ1n) is 26.9. The largest absolute Gasteiger partial charge is 0.504 e. The second-order valence-corrected chi connectivity index (χ2v) is 18.4. The van der Waals surface area contributed by atoms with Gasteiger partial charge in [0.2, 0.25) is 11.8 Å². The quantitative estimate of drug-likeness (QED) is 0.0254. The molecule has 1 aliphatic heterocycles. The van der Waals surface area contributed by atoms with E-state index in [9.17, 15) is 43.5 Å². The third kappa shape index (κ3) is 31.1. The Morgan fingerprint density at radius 3 is 1.45 bits per heavy atom. The van der Waals surface area contributed by atoms with Crippen LogP contribution in [0.3, 0.4) is 0 Å². The fourth-order valence-corrected chi connectivity index (χ4v) is 7.08. The Labute approximate surface area is 488 Å². The van der Waals surface area contributed by atoms with E-state index in [4.69, 9.17) is 27.0 Å². The first-order chi connectivity index (χ1) is 40.3. The van der Waals surface area contributed by atoms with Crippen molar-refractivity contribution in [2.24, 2.45) is 5.92 Å². The third-order valence-corrected chi connectivity index (χ3v) is 11.5. The first-order valence-corrected chi connectivity index (χ1v) is 26.9. The van der Waals surface area contributed by atoms with Crippen LogP contribution in [0.2, 0.25) is 0 Å². The summed E-state index contributed by atoms with van der Waals surface area (Å²) in [6, 6.07) is 34.1. The summed E-state index contributed by atoms with van der Waals surface area (Å²) in [7, 11) is 1.74. The summed E-state index contributed by atoms with van der Waals surface area (Å²) in [5.41, 5.74) is 23.3. The minimum absolute atomic E-state index is 0.0162. The lowest BCUT2D eigenvalue weighted by molar-refractivity contribution is -0.142. The van der Waals surface area contributed by atoms with Crippen molar-refractivity contribution in [2.45, 2.75) is 52.9 Å². The highest BCUT2D eigenvalue weighted by atomic mass is 16.5. The van der Waals surface area contributed by atoms with Crippen molar-refractivity contribution in [2.75, 3.05) is 89.9 Å². The van der Waals surface area contributed by atoms with Gasteiger partial charge in [-0.25, -0.2) is 19.2 Å². The molecule has 26 heteroatoms. The van der Waals surface area contributed by atoms with E-state index in [1.807, 2.05) is 66.7 Å². The molecular formula is C58H79N13O13. The summed E-state index contributed by atoms with van der Waals surface area (Å²) < 4.78 is 14.6. The Morgan fingerprint density at radius 1 is 0.512 bits per heavy atom. The molecule has 1 unspecified atom stereocenters. The second-order valence-electron chi connectivity index (χ2n) is 18.4. The molecule has 84 heavy (non-hydrogen) atoms. The second kappa shape index (κ2) is 39.4. The van der Waals surface area contributed by atoms with Crippen LogP contribution in [0.15, 0.2) is 121 Å². The van der Waals surface area contributed by atoms with Gasteiger partial charge in [-0.1, -0.05) is 72.8 Å². The lowest BCUT2D eigenvalue weighted by Gasteiger charge is -2.20. The van der Waals surface area contributed by atoms with E-state index in [0.29, 0.717) is 74.5 Å². The number of aromatic hydroxyl groups is 2. The van der Waals surface area contributed by atoms with Gasteiger partial charge in [0.1, 0.15) is 13.1 Å². The van der Waals surface area contributed by atoms with Crippen molar-refractivity contribution in [1.82, 2.24) is 52.8 Å². The van der Waals surface area contributed by atoms with Crippen molar-refractivity contribution >= 4 is 64.9 Å². The number of anilines is 3. The van der Waals surface area contributed by atoms with Gasteiger partial charge < -0.3 is 94.4 Å². The normalized spacial score (nSPS) is 11.7. The lowest BCUT2D eigenvalue weighted by Crippen LogP contribution is -2.43. The van der Waals surface area contributed by atoms with E-state index >= 15 is 0 Å². The highest BCUT2D eigenvalue weighted by Crippen LogP contribution is 2.24. The number of phenolic OH excluding ortho intramolecular Hbond substituents is 2. The average Bonchev–Trinajstić information content (AvgIpc) is 4.07. The van der Waals surface area contributed by atoms with Crippen molar-refractivity contribution in [3.63, 3.8) is 0 Å². The molecule has 454 valence electrons. The van der Waals surface area contributed by atoms with Gasteiger partial charge in [-0.2, -0.15) is 0 Å². The Hall–Kier alpha value is -9.98. The van der Waals surface area contributed by atoms with E-state index in [0.717, 1.165) is 41.7 Å². The van der Waals surface area contributed by atoms with E-state index in [1.54, 1.807) is 68.3 Å². The number of nitrogens with two attached hydrogens (primary N) is 3. The lowest BCUT2D eigenvalue weighted by atomic mass is 10.1. The van der Waals surface area contributed by atoms with Crippen LogP contribution in [0, 0.1) is 5.92 Å². The summed E-state index contributed by atoms with van der Waals surface area (Å²) in [5.74, 6) is -1.39. The van der Waals surface area contributed by atoms with Gasteiger partial charge in [0.05, 0.1) is 32.9 Å². The standard InChI is InChI=1S/C18H22N4O2.C16H24N4O3.C12H17N3O3.C12H16N2O5/c19-16-8-6-15(7-9-16)12-21-18(24)22-13-17(23)20-11-10-14-4-2-1-3-5-14;1-20(10-13-6-7-23-11-13)15(21)9-19-16(22)18-8-12-2-4-14(17)5-3-12;1-2-18-11(16)8-15-12(17)14-7-9-4-3-5-10(13)6-9;1-2-19-11(17)7-14-12(18)13-6-8-3-4-9(15)10(16)5-8/h1-9H,10-13,19H2,(H,20,23)(H2,21,22,24);2-5,13H,6-11,17H2,1H3,(H2,18,19,22);3-6H,2,7-8,13H2,1H3,(H2,14,15,17);3-5,15-16H,2,6-7H2,1H3,(H2,13,14,18). The van der Waals surface area contributed by atoms with Crippen LogP contribution in [-0.4, -0.2) is 136 Å². The van der Waals surface area contributed by atoms with Gasteiger partial charge in [-0.15, -0.1) is 0 Å². The van der Waals surface area contributed by atoms with E-state index in [1.165, 1.54) is 12.1 Å². The van der Waals surface area contributed by atoms with Gasteiger partial charge in [0.25, 0.3) is 0 Å². The molecule has 0 saturated carbocycles. The zero-order chi connectivity index (χ0) is 61.5. The number of hydrogen-bond donors (Lipinski definition) is 14. The molecule has 1 saturated heterocycles. The zero-order valence-corrected chi connectivity index (χ0v) is 47.5. The topological polar surface area (TPSA) is 394 Å². The Morgan fingerprint density at radius 2 is 0.976 bits per heavy atom. The molecule has 1 aliphatic rings. The maximum Gasteiger partial charge on any atom is 0.325 e. The fourth-order valence-electron chi connectivity index (χ4n) is 7.08. The number of hydrogen-bond acceptors (Lipinski definition) is 16. The number of urea groups is 4. The third-order valence-electron chi connectivity index (χ3n) is 11.5. The molecule has 26 nitrogen and oxygen atoms in total. The molecule has 0 spiro atoms. The number of carbonyl (C=O) groups is 8. The molecule has 1 fully saturated rings. The molecule has 10 amide bonds. The molecule has 0 aliphatic carbocycles. The molecule has 17 N–H and O–H groups in total. The van der Waals surface area contributed by atoms with Crippen LogP contribution in [0.1, 0.15) is 48.1 Å². The smallest absolute Gasteiger partial charge is 0.325 e. The summed E-state index contributed by atoms with van der Waals surface area (Å²) >= 11 is 0. The van der Waals surface area contributed by atoms with Crippen LogP contribution >= 0.6 is 0 Å². The minimum atomic E-state index is -0.527. The van der Waals surface area contributed by atoms with Gasteiger partial charge >= 0.3 is 36.1 Å². The Kier molecular flexibility index (Phi) is 32.0. The number of phenols is 2. The molecule has 5 aromatic rings. The van der Waals surface area contributed by atoms with Crippen molar-refractivity contribution in [1.29, 1.82) is 0 Å². The van der Waals surface area contributed by atoms with Crippen LogP contribution in [0.4, 0.5) is 36.2 Å². The summed E-state index contributed by atoms with van der Waals surface area (Å²) in [4.78, 5) is 93.3. The Bertz CT molecular complexity index is 2820. The number of likely N-dealkylation sites (N-methyl/N-ethyl adjacent to an activating group) is 1. The maximum absolute atomic E-state index is 12.0. The number of nitrogen functional groups attached to an aromatic ring is 3. The summed E-state index contributed by atoms with van der Waals surface area (Å²) in [6.07, 6.45) is 1.74. The first kappa shape index (κ1) is 68.3. The van der Waals surface area contributed by atoms with Crippen LogP contribution in [0.25, 0.3) is 0 Å². The van der Waals surface area contributed by atoms with Crippen LogP contribution < -0.4 is 65.1 Å². The molecule has 0 radical (unpaired) electrons. The number of nitrogens with one attached hydrogen (secondary N) is 9. The van der Waals surface area contributed by atoms with Crippen molar-refractivity contribution in [3.8, 4) is 11.5 Å². The van der Waals surface area contributed by atoms with Gasteiger partial charge in [-0.3, -0.25) is 19.2 Å². The predicted octanol–water partition coefficient (Wildman–Crippen LogP) is 3.08. The number of benzene rings is 5. The number of nitrogens with zero attached hydrogens (tertiary/aromatic N) is 1. The number of esters is 2. The van der Waals surface area contributed by atoms with Crippen LogP contribution in [-0.2, 0) is 66.0 Å². The number of ether oxygens (including phenoxy) is 3. The number of rotatable bonds is 23. The predicted molar refractivity (Wildman–Crippen MR) is 316 cm³/mol. The van der Waals surface area contributed by atoms with E-state index in [-0.39, 0.29) is 74.7 Å². The SMILES string of the molecule is CCOC(=O)CNC(=O)NCc1ccc(O)c(O)c1.CCOC(=O)CNC(=O)NCc1cccc(N)c1.CN(CC1CCOC1)C(=O)CNC(=O)NCc1ccc(N)cc1.Nc1ccc(CNC(=O)NCC(=O)NCCc2ccccc2)cc1. The van der Waals surface area contributed by atoms with Gasteiger partial charge in [0.15, 0.2) is 11.5 Å². The molecular weight excluding hydrogens is 1090 g/mol. The average molecular weight is 1170 g/mol. The summed E-state index contributed by atoms with van der Waals surface area (Å²) in [6.45, 7) is 7.45. The molecule has 1 heterocycles. The summed E-state index contributed by atoms with van der Waals surface area (Å²) in [5, 5.41) is 41.5. The molecule has 0 bridgehead atoms. The molecule has 6 rings (SSSR count). The maximum atomic E-state index is 12.0. The number of amides is 10. The highest BCUT2D eigenvalue weighted by molar-refractivity contribution is 5.85. The monoisotopic (exact) mass is 1170 g/mol. The zero-order valence-electron chi connectivity index (χ0n) is 47.5. The van der Waals surface area contributed by atoms with Gasteiger partial charge in [0, 0.05) is 75.9 Å². The Balaban J connectivity index is 0.000000296. The van der Waals surface area contributed by atoms with Crippen molar-refractivity contribution < 1.29 is 62.8 Å². The fraction of sp³-hybridized carbons (Fsp3) is 0.345. The molecule has 0 aromatic heterocycles. The van der Waals surface area contributed by atoms with Crippen LogP contribution in [0.5, 0.6) is 11.5 Å². The molecule has 5 aromatic carbocycles. The van der Waals surface area contributed by atoms with E-state index in [2.05, 4.69) is 57.3 Å². The minimum Gasteiger partial charge on any atom is -0.504 e.